The van der Waals surface area contributed by atoms with Gasteiger partial charge in [-0.2, -0.15) is 13.2 Å². The van der Waals surface area contributed by atoms with E-state index >= 15 is 0 Å². The molecule has 6 heteroatoms. The molecule has 0 aliphatic rings. The molecule has 0 saturated carbocycles. The van der Waals surface area contributed by atoms with Crippen molar-refractivity contribution in [1.82, 2.24) is 4.98 Å². The molecule has 0 fully saturated rings. The van der Waals surface area contributed by atoms with Crippen molar-refractivity contribution in [2.75, 3.05) is 0 Å². The Hall–Kier alpha value is -0.780. The van der Waals surface area contributed by atoms with Crippen LogP contribution in [0.2, 0.25) is 0 Å². The van der Waals surface area contributed by atoms with Gasteiger partial charge in [0.25, 0.3) is 0 Å². The molecule has 0 aliphatic heterocycles. The first-order valence-corrected chi connectivity index (χ1v) is 3.66. The van der Waals surface area contributed by atoms with Gasteiger partial charge in [-0.05, 0) is 28.1 Å². The van der Waals surface area contributed by atoms with E-state index in [1.165, 1.54) is 0 Å². The van der Waals surface area contributed by atoms with Gasteiger partial charge >= 0.3 is 6.61 Å². The zero-order chi connectivity index (χ0) is 9.14. The largest absolute Gasteiger partial charge is 0.432 e. The Morgan fingerprint density at radius 2 is 2.08 bits per heavy atom. The molecule has 0 unspecified atom stereocenters. The average molecular weight is 242 g/mol. The van der Waals surface area contributed by atoms with Crippen molar-refractivity contribution in [3.63, 3.8) is 0 Å². The second-order valence-corrected chi connectivity index (χ2v) is 2.55. The molecule has 0 aliphatic carbocycles. The maximum atomic E-state index is 12.3. The van der Waals surface area contributed by atoms with Crippen molar-refractivity contribution in [2.45, 2.75) is 6.61 Å². The predicted molar refractivity (Wildman–Crippen MR) is 38.5 cm³/mol. The SMILES string of the molecule is Fc1ccc(OC(F)F)c(Br)n1. The lowest BCUT2D eigenvalue weighted by Gasteiger charge is -2.04. The highest BCUT2D eigenvalue weighted by molar-refractivity contribution is 9.10. The lowest BCUT2D eigenvalue weighted by atomic mass is 10.5. The van der Waals surface area contributed by atoms with Gasteiger partial charge in [0.1, 0.15) is 0 Å². The second kappa shape index (κ2) is 3.75. The number of aromatic nitrogens is 1. The standard InChI is InChI=1S/C6H3BrF3NO/c7-5-3(12-6(9)10)1-2-4(8)11-5/h1-2,6H. The minimum absolute atomic E-state index is 0.0807. The molecule has 0 N–H and O–H groups in total. The smallest absolute Gasteiger partial charge is 0.387 e. The number of alkyl halides is 2. The topological polar surface area (TPSA) is 22.1 Å². The summed E-state index contributed by atoms with van der Waals surface area (Å²) in [6.07, 6.45) is 0. The highest BCUT2D eigenvalue weighted by Gasteiger charge is 2.09. The van der Waals surface area contributed by atoms with Gasteiger partial charge in [-0.15, -0.1) is 0 Å². The molecule has 2 nitrogen and oxygen atoms in total. The van der Waals surface area contributed by atoms with Crippen LogP contribution in [-0.4, -0.2) is 11.6 Å². The van der Waals surface area contributed by atoms with Crippen molar-refractivity contribution >= 4 is 15.9 Å². The third kappa shape index (κ3) is 2.37. The molecule has 1 heterocycles. The molecule has 1 rings (SSSR count). The van der Waals surface area contributed by atoms with E-state index < -0.39 is 12.6 Å². The van der Waals surface area contributed by atoms with E-state index in [2.05, 4.69) is 25.7 Å². The van der Waals surface area contributed by atoms with Crippen LogP contribution in [0.15, 0.2) is 16.7 Å². The molecule has 0 radical (unpaired) electrons. The van der Waals surface area contributed by atoms with Crippen LogP contribution in [-0.2, 0) is 0 Å². The summed E-state index contributed by atoms with van der Waals surface area (Å²) in [5.41, 5.74) is 0. The van der Waals surface area contributed by atoms with Crippen LogP contribution in [0.1, 0.15) is 0 Å². The van der Waals surface area contributed by atoms with E-state index in [9.17, 15) is 13.2 Å². The molecular formula is C6H3BrF3NO. The van der Waals surface area contributed by atoms with E-state index in [-0.39, 0.29) is 10.4 Å². The third-order valence-electron chi connectivity index (χ3n) is 0.997. The number of nitrogens with zero attached hydrogens (tertiary/aromatic N) is 1. The number of halogens is 4. The molecule has 0 bridgehead atoms. The number of pyridine rings is 1. The third-order valence-corrected chi connectivity index (χ3v) is 1.56. The number of ether oxygens (including phenoxy) is 1. The summed E-state index contributed by atoms with van der Waals surface area (Å²) in [7, 11) is 0. The van der Waals surface area contributed by atoms with Gasteiger partial charge < -0.3 is 4.74 Å². The summed E-state index contributed by atoms with van der Waals surface area (Å²) in [4.78, 5) is 3.22. The van der Waals surface area contributed by atoms with Gasteiger partial charge in [-0.25, -0.2) is 4.98 Å². The van der Waals surface area contributed by atoms with E-state index in [0.29, 0.717) is 0 Å². The molecule has 0 atom stereocenters. The van der Waals surface area contributed by atoms with Crippen LogP contribution in [0.4, 0.5) is 13.2 Å². The van der Waals surface area contributed by atoms with Crippen molar-refractivity contribution < 1.29 is 17.9 Å². The van der Waals surface area contributed by atoms with Crippen molar-refractivity contribution in [3.05, 3.63) is 22.7 Å². The molecule has 66 valence electrons. The quantitative estimate of drug-likeness (QED) is 0.743. The minimum Gasteiger partial charge on any atom is -0.432 e. The van der Waals surface area contributed by atoms with Crippen LogP contribution in [0.5, 0.6) is 5.75 Å². The van der Waals surface area contributed by atoms with Gasteiger partial charge in [-0.1, -0.05) is 0 Å². The Balaban J connectivity index is 2.86. The summed E-state index contributed by atoms with van der Waals surface area (Å²) >= 11 is 2.77. The molecule has 0 amide bonds. The molecule has 12 heavy (non-hydrogen) atoms. The summed E-state index contributed by atoms with van der Waals surface area (Å²) in [6, 6.07) is 2.00. The van der Waals surface area contributed by atoms with Gasteiger partial charge in [0.05, 0.1) is 0 Å². The first-order chi connectivity index (χ1) is 5.59. The molecule has 0 saturated heterocycles. The molecule has 1 aromatic rings. The minimum atomic E-state index is -2.94. The molecule has 0 aromatic carbocycles. The first-order valence-electron chi connectivity index (χ1n) is 2.86. The fraction of sp³-hybridized carbons (Fsp3) is 0.167. The average Bonchev–Trinajstić information content (AvgIpc) is 1.94. The Labute approximate surface area is 74.5 Å². The van der Waals surface area contributed by atoms with Crippen LogP contribution < -0.4 is 4.74 Å². The maximum Gasteiger partial charge on any atom is 0.387 e. The summed E-state index contributed by atoms with van der Waals surface area (Å²) in [5.74, 6) is -0.949. The van der Waals surface area contributed by atoms with Crippen LogP contribution in [0.3, 0.4) is 0 Å². The first kappa shape index (κ1) is 9.31. The highest BCUT2D eigenvalue weighted by Crippen LogP contribution is 2.23. The molecule has 0 spiro atoms. The van der Waals surface area contributed by atoms with E-state index in [0.717, 1.165) is 12.1 Å². The van der Waals surface area contributed by atoms with E-state index in [4.69, 9.17) is 0 Å². The van der Waals surface area contributed by atoms with Gasteiger partial charge in [-0.3, -0.25) is 0 Å². The second-order valence-electron chi connectivity index (χ2n) is 1.80. The van der Waals surface area contributed by atoms with Crippen LogP contribution in [0.25, 0.3) is 0 Å². The van der Waals surface area contributed by atoms with E-state index in [1.807, 2.05) is 0 Å². The van der Waals surface area contributed by atoms with Gasteiger partial charge in [0.2, 0.25) is 5.95 Å². The van der Waals surface area contributed by atoms with E-state index in [1.54, 1.807) is 0 Å². The lowest BCUT2D eigenvalue weighted by molar-refractivity contribution is -0.0507. The zero-order valence-corrected chi connectivity index (χ0v) is 7.19. The zero-order valence-electron chi connectivity index (χ0n) is 5.60. The van der Waals surface area contributed by atoms with Gasteiger partial charge in [0, 0.05) is 0 Å². The Morgan fingerprint density at radius 1 is 1.42 bits per heavy atom. The molecular weight excluding hydrogens is 239 g/mol. The number of hydrogen-bond donors (Lipinski definition) is 0. The van der Waals surface area contributed by atoms with Crippen LogP contribution in [0, 0.1) is 5.95 Å². The fourth-order valence-corrected chi connectivity index (χ4v) is 0.978. The number of hydrogen-bond acceptors (Lipinski definition) is 2. The monoisotopic (exact) mass is 241 g/mol. The Bertz CT molecular complexity index is 281. The normalized spacial score (nSPS) is 10.4. The Morgan fingerprint density at radius 3 is 2.58 bits per heavy atom. The predicted octanol–water partition coefficient (Wildman–Crippen LogP) is 2.58. The Kier molecular flexibility index (Phi) is 2.91. The lowest BCUT2D eigenvalue weighted by Crippen LogP contribution is -2.03. The van der Waals surface area contributed by atoms with Gasteiger partial charge in [0.15, 0.2) is 10.4 Å². The summed E-state index contributed by atoms with van der Waals surface area (Å²) in [6.45, 7) is -2.94. The maximum absolute atomic E-state index is 12.3. The summed E-state index contributed by atoms with van der Waals surface area (Å²) < 4.78 is 39.5. The molecule has 1 aromatic heterocycles. The van der Waals surface area contributed by atoms with Crippen molar-refractivity contribution in [3.8, 4) is 5.75 Å². The van der Waals surface area contributed by atoms with Crippen LogP contribution >= 0.6 is 15.9 Å². The number of rotatable bonds is 2. The highest BCUT2D eigenvalue weighted by atomic mass is 79.9. The van der Waals surface area contributed by atoms with Crippen molar-refractivity contribution in [1.29, 1.82) is 0 Å². The summed E-state index contributed by atoms with van der Waals surface area (Å²) in [5, 5.41) is 0. The van der Waals surface area contributed by atoms with Crippen molar-refractivity contribution in [2.24, 2.45) is 0 Å². The fourth-order valence-electron chi connectivity index (χ4n) is 0.583.